The fraction of sp³-hybridized carbons (Fsp3) is 0.364. The number of hydrogen-bond acceptors (Lipinski definition) is 4. The molecule has 0 radical (unpaired) electrons. The molecule has 0 bridgehead atoms. The van der Waals surface area contributed by atoms with Gasteiger partial charge < -0.3 is 5.32 Å². The molecule has 0 aliphatic rings. The van der Waals surface area contributed by atoms with Crippen LogP contribution in [-0.2, 0) is 10.0 Å². The average molecular weight is 253 g/mol. The second kappa shape index (κ2) is 5.77. The molecule has 0 saturated heterocycles. The minimum absolute atomic E-state index is 0.0585. The fourth-order valence-electron chi connectivity index (χ4n) is 1.13. The highest BCUT2D eigenvalue weighted by molar-refractivity contribution is 7.89. The lowest BCUT2D eigenvalue weighted by Gasteiger charge is -2.11. The Kier molecular flexibility index (Phi) is 4.63. The zero-order chi connectivity index (χ0) is 12.9. The Bertz CT molecular complexity index is 503. The summed E-state index contributed by atoms with van der Waals surface area (Å²) >= 11 is 0. The molecule has 5 nitrogen and oxygen atoms in total. The van der Waals surface area contributed by atoms with E-state index in [0.29, 0.717) is 12.1 Å². The maximum Gasteiger partial charge on any atom is 0.240 e. The van der Waals surface area contributed by atoms with Crippen molar-refractivity contribution in [2.75, 3.05) is 13.6 Å². The van der Waals surface area contributed by atoms with E-state index in [9.17, 15) is 8.42 Å². The molecule has 0 heterocycles. The highest BCUT2D eigenvalue weighted by Gasteiger charge is 2.14. The van der Waals surface area contributed by atoms with Crippen LogP contribution in [0.4, 0.5) is 0 Å². The first-order chi connectivity index (χ1) is 7.99. The van der Waals surface area contributed by atoms with Gasteiger partial charge in [0.25, 0.3) is 0 Å². The second-order valence-corrected chi connectivity index (χ2v) is 5.44. The smallest absolute Gasteiger partial charge is 0.240 e. The Hall–Kier alpha value is -1.42. The van der Waals surface area contributed by atoms with Crippen molar-refractivity contribution < 1.29 is 8.42 Å². The number of rotatable bonds is 5. The van der Waals surface area contributed by atoms with Crippen molar-refractivity contribution in [2.45, 2.75) is 17.9 Å². The van der Waals surface area contributed by atoms with Crippen molar-refractivity contribution in [1.29, 1.82) is 5.26 Å². The Morgan fingerprint density at radius 2 is 1.94 bits per heavy atom. The van der Waals surface area contributed by atoms with Gasteiger partial charge in [-0.2, -0.15) is 5.26 Å². The van der Waals surface area contributed by atoms with Crippen molar-refractivity contribution >= 4 is 10.0 Å². The third-order valence-corrected chi connectivity index (χ3v) is 3.81. The van der Waals surface area contributed by atoms with Gasteiger partial charge in [0.1, 0.15) is 0 Å². The lowest BCUT2D eigenvalue weighted by molar-refractivity contribution is 0.554. The summed E-state index contributed by atoms with van der Waals surface area (Å²) in [7, 11) is -1.73. The van der Waals surface area contributed by atoms with Crippen LogP contribution in [0.25, 0.3) is 0 Å². The lowest BCUT2D eigenvalue weighted by Crippen LogP contribution is -2.37. The van der Waals surface area contributed by atoms with Gasteiger partial charge in [0.05, 0.1) is 16.5 Å². The van der Waals surface area contributed by atoms with E-state index in [2.05, 4.69) is 10.0 Å². The number of likely N-dealkylation sites (N-methyl/N-ethyl adjacent to an activating group) is 1. The zero-order valence-corrected chi connectivity index (χ0v) is 10.6. The highest BCUT2D eigenvalue weighted by Crippen LogP contribution is 2.09. The molecule has 0 aliphatic carbocycles. The molecule has 0 aliphatic heterocycles. The summed E-state index contributed by atoms with van der Waals surface area (Å²) in [4.78, 5) is 0.166. The van der Waals surface area contributed by atoms with Gasteiger partial charge in [0, 0.05) is 12.6 Å². The van der Waals surface area contributed by atoms with Crippen LogP contribution in [0.1, 0.15) is 12.5 Å². The number of hydrogen-bond donors (Lipinski definition) is 2. The van der Waals surface area contributed by atoms with Crippen molar-refractivity contribution in [2.24, 2.45) is 0 Å². The van der Waals surface area contributed by atoms with Gasteiger partial charge in [0.15, 0.2) is 0 Å². The first kappa shape index (κ1) is 13.6. The van der Waals surface area contributed by atoms with Crippen LogP contribution in [0.15, 0.2) is 29.2 Å². The summed E-state index contributed by atoms with van der Waals surface area (Å²) in [6.07, 6.45) is 0. The van der Waals surface area contributed by atoms with Crippen molar-refractivity contribution in [3.8, 4) is 6.07 Å². The van der Waals surface area contributed by atoms with Crippen LogP contribution < -0.4 is 10.0 Å². The number of nitriles is 1. The van der Waals surface area contributed by atoms with Crippen LogP contribution in [-0.4, -0.2) is 28.1 Å². The number of sulfonamides is 1. The van der Waals surface area contributed by atoms with Crippen molar-refractivity contribution in [1.82, 2.24) is 10.0 Å². The van der Waals surface area contributed by atoms with Crippen LogP contribution >= 0.6 is 0 Å². The highest BCUT2D eigenvalue weighted by atomic mass is 32.2. The number of nitrogens with zero attached hydrogens (tertiary/aromatic N) is 1. The Morgan fingerprint density at radius 3 is 2.41 bits per heavy atom. The largest absolute Gasteiger partial charge is 0.316 e. The molecule has 2 N–H and O–H groups in total. The van der Waals surface area contributed by atoms with Crippen molar-refractivity contribution in [3.05, 3.63) is 29.8 Å². The molecule has 0 spiro atoms. The van der Waals surface area contributed by atoms with E-state index in [1.807, 2.05) is 13.0 Å². The molecule has 1 rings (SSSR count). The molecular formula is C11H15N3O2S. The van der Waals surface area contributed by atoms with E-state index < -0.39 is 10.0 Å². The Labute approximate surface area is 102 Å². The molecule has 0 amide bonds. The predicted octanol–water partition coefficient (Wildman–Crippen LogP) is 0.444. The molecule has 0 fully saturated rings. The van der Waals surface area contributed by atoms with Crippen LogP contribution in [0, 0.1) is 11.3 Å². The SMILES string of the molecule is CNC(C)CNS(=O)(=O)c1ccc(C#N)cc1. The molecule has 1 aromatic carbocycles. The first-order valence-electron chi connectivity index (χ1n) is 5.16. The standard InChI is InChI=1S/C11H15N3O2S/c1-9(13-2)8-14-17(15,16)11-5-3-10(7-12)4-6-11/h3-6,9,13-14H,8H2,1-2H3. The minimum Gasteiger partial charge on any atom is -0.316 e. The normalized spacial score (nSPS) is 13.0. The van der Waals surface area contributed by atoms with Crippen LogP contribution in [0.5, 0.6) is 0 Å². The third kappa shape index (κ3) is 3.82. The number of benzene rings is 1. The van der Waals surface area contributed by atoms with Crippen molar-refractivity contribution in [3.63, 3.8) is 0 Å². The summed E-state index contributed by atoms with van der Waals surface area (Å²) in [6.45, 7) is 2.19. The van der Waals surface area contributed by atoms with E-state index in [4.69, 9.17) is 5.26 Å². The third-order valence-electron chi connectivity index (χ3n) is 2.37. The average Bonchev–Trinajstić information content (AvgIpc) is 2.36. The first-order valence-corrected chi connectivity index (χ1v) is 6.65. The molecule has 1 atom stereocenters. The van der Waals surface area contributed by atoms with Crippen LogP contribution in [0.2, 0.25) is 0 Å². The van der Waals surface area contributed by atoms with E-state index in [0.717, 1.165) is 0 Å². The van der Waals surface area contributed by atoms with E-state index in [-0.39, 0.29) is 10.9 Å². The summed E-state index contributed by atoms with van der Waals surface area (Å²) in [5.74, 6) is 0. The monoisotopic (exact) mass is 253 g/mol. The van der Waals surface area contributed by atoms with Gasteiger partial charge in [-0.25, -0.2) is 13.1 Å². The minimum atomic E-state index is -3.49. The van der Waals surface area contributed by atoms with Gasteiger partial charge in [-0.1, -0.05) is 0 Å². The van der Waals surface area contributed by atoms with Gasteiger partial charge >= 0.3 is 0 Å². The molecule has 17 heavy (non-hydrogen) atoms. The van der Waals surface area contributed by atoms with E-state index in [1.54, 1.807) is 7.05 Å². The summed E-state index contributed by atoms with van der Waals surface area (Å²) < 4.78 is 26.2. The Balaban J connectivity index is 2.79. The Morgan fingerprint density at radius 1 is 1.35 bits per heavy atom. The summed E-state index contributed by atoms with van der Waals surface area (Å²) in [6, 6.07) is 7.81. The van der Waals surface area contributed by atoms with Gasteiger partial charge in [-0.3, -0.25) is 0 Å². The van der Waals surface area contributed by atoms with Gasteiger partial charge in [0.2, 0.25) is 10.0 Å². The van der Waals surface area contributed by atoms with Crippen LogP contribution in [0.3, 0.4) is 0 Å². The lowest BCUT2D eigenvalue weighted by atomic mass is 10.2. The molecule has 92 valence electrons. The molecule has 6 heteroatoms. The van der Waals surface area contributed by atoms with Gasteiger partial charge in [-0.15, -0.1) is 0 Å². The zero-order valence-electron chi connectivity index (χ0n) is 9.77. The molecule has 0 aromatic heterocycles. The quantitative estimate of drug-likeness (QED) is 0.798. The van der Waals surface area contributed by atoms with E-state index >= 15 is 0 Å². The molecule has 1 unspecified atom stereocenters. The molecule has 1 aromatic rings. The van der Waals surface area contributed by atoms with Gasteiger partial charge in [-0.05, 0) is 38.2 Å². The second-order valence-electron chi connectivity index (χ2n) is 3.68. The van der Waals surface area contributed by atoms with E-state index in [1.165, 1.54) is 24.3 Å². The molecule has 0 saturated carbocycles. The maximum absolute atomic E-state index is 11.8. The topological polar surface area (TPSA) is 82.0 Å². The maximum atomic E-state index is 11.8. The predicted molar refractivity (Wildman–Crippen MR) is 64.9 cm³/mol. The number of nitrogens with one attached hydrogen (secondary N) is 2. The summed E-state index contributed by atoms with van der Waals surface area (Å²) in [5.41, 5.74) is 0.438. The fourth-order valence-corrected chi connectivity index (χ4v) is 2.26. The summed E-state index contributed by atoms with van der Waals surface area (Å²) in [5, 5.41) is 11.6. The molecular weight excluding hydrogens is 238 g/mol.